The zero-order valence-corrected chi connectivity index (χ0v) is 23.8. The van der Waals surface area contributed by atoms with Crippen molar-refractivity contribution < 1.29 is 38.0 Å². The number of ether oxygens (including phenoxy) is 6. The largest absolute Gasteiger partial charge is 0.502 e. The number of hydrogen-bond acceptors (Lipinski definition) is 8. The first-order valence-corrected chi connectivity index (χ1v) is 14.0. The van der Waals surface area contributed by atoms with Gasteiger partial charge >= 0.3 is 11.9 Å². The van der Waals surface area contributed by atoms with E-state index >= 15 is 0 Å². The molecule has 3 aromatic rings. The minimum Gasteiger partial charge on any atom is -0.502 e. The predicted molar refractivity (Wildman–Crippen MR) is 160 cm³/mol. The van der Waals surface area contributed by atoms with Crippen LogP contribution >= 0.6 is 0 Å². The zero-order valence-electron chi connectivity index (χ0n) is 23.8. The molecule has 0 aliphatic heterocycles. The Hall–Kier alpha value is -4.72. The standard InChI is InChI=1S/C34H38O8/c1-3-37-23-7-5-6-8-25-39-29-15-11-27(12-16-29)33(35)41-31-19-21-32(22-20-31)42-34(36)28-13-17-30(18-14-28)40-26-10-9-24-38-4-2/h3-4,11-22H,1-2,5-10,23-26H2. The van der Waals surface area contributed by atoms with E-state index in [2.05, 4.69) is 13.2 Å². The van der Waals surface area contributed by atoms with Crippen molar-refractivity contribution in [3.8, 4) is 23.0 Å². The Bertz CT molecular complexity index is 1230. The van der Waals surface area contributed by atoms with Crippen LogP contribution in [0.1, 0.15) is 59.2 Å². The quantitative estimate of drug-likeness (QED) is 0.0592. The maximum Gasteiger partial charge on any atom is 0.343 e. The Kier molecular flexibility index (Phi) is 14.1. The number of unbranched alkanes of at least 4 members (excludes halogenated alkanes) is 4. The molecular weight excluding hydrogens is 536 g/mol. The van der Waals surface area contributed by atoms with E-state index in [4.69, 9.17) is 28.4 Å². The molecular formula is C34H38O8. The molecule has 42 heavy (non-hydrogen) atoms. The first-order valence-electron chi connectivity index (χ1n) is 14.0. The van der Waals surface area contributed by atoms with E-state index in [9.17, 15) is 9.59 Å². The molecule has 0 amide bonds. The van der Waals surface area contributed by atoms with E-state index in [0.717, 1.165) is 38.5 Å². The molecule has 3 rings (SSSR count). The third-order valence-electron chi connectivity index (χ3n) is 6.01. The highest BCUT2D eigenvalue weighted by Crippen LogP contribution is 2.21. The van der Waals surface area contributed by atoms with Gasteiger partial charge in [0.05, 0.1) is 50.1 Å². The van der Waals surface area contributed by atoms with Crippen molar-refractivity contribution in [2.24, 2.45) is 0 Å². The topological polar surface area (TPSA) is 89.5 Å². The summed E-state index contributed by atoms with van der Waals surface area (Å²) in [6, 6.07) is 19.8. The second-order valence-electron chi connectivity index (χ2n) is 9.19. The molecule has 3 aromatic carbocycles. The van der Waals surface area contributed by atoms with Crippen LogP contribution in [-0.2, 0) is 9.47 Å². The van der Waals surface area contributed by atoms with Crippen molar-refractivity contribution in [2.45, 2.75) is 38.5 Å². The maximum atomic E-state index is 12.5. The first-order chi connectivity index (χ1) is 20.6. The Balaban J connectivity index is 1.37. The summed E-state index contributed by atoms with van der Waals surface area (Å²) in [7, 11) is 0. The highest BCUT2D eigenvalue weighted by Gasteiger charge is 2.12. The molecule has 8 nitrogen and oxygen atoms in total. The molecule has 0 fully saturated rings. The van der Waals surface area contributed by atoms with Gasteiger partial charge in [-0.05, 0) is 111 Å². The van der Waals surface area contributed by atoms with E-state index in [1.54, 1.807) is 72.8 Å². The Labute approximate surface area is 247 Å². The van der Waals surface area contributed by atoms with Crippen LogP contribution in [0.2, 0.25) is 0 Å². The normalized spacial score (nSPS) is 10.3. The van der Waals surface area contributed by atoms with Crippen molar-refractivity contribution in [1.29, 1.82) is 0 Å². The van der Waals surface area contributed by atoms with Gasteiger partial charge in [0.1, 0.15) is 23.0 Å². The van der Waals surface area contributed by atoms with E-state index < -0.39 is 11.9 Å². The molecule has 0 unspecified atom stereocenters. The molecule has 0 aromatic heterocycles. The van der Waals surface area contributed by atoms with Crippen molar-refractivity contribution >= 4 is 11.9 Å². The van der Waals surface area contributed by atoms with Crippen molar-refractivity contribution in [3.63, 3.8) is 0 Å². The van der Waals surface area contributed by atoms with Gasteiger partial charge in [-0.3, -0.25) is 0 Å². The lowest BCUT2D eigenvalue weighted by Gasteiger charge is -2.09. The van der Waals surface area contributed by atoms with Crippen LogP contribution < -0.4 is 18.9 Å². The van der Waals surface area contributed by atoms with Crippen LogP contribution in [0.3, 0.4) is 0 Å². The van der Waals surface area contributed by atoms with Gasteiger partial charge in [0, 0.05) is 0 Å². The number of hydrogen-bond donors (Lipinski definition) is 0. The fourth-order valence-electron chi connectivity index (χ4n) is 3.76. The lowest BCUT2D eigenvalue weighted by atomic mass is 10.2. The molecule has 0 N–H and O–H groups in total. The molecule has 0 saturated carbocycles. The van der Waals surface area contributed by atoms with Crippen molar-refractivity contribution in [3.05, 3.63) is 110 Å². The van der Waals surface area contributed by atoms with Gasteiger partial charge < -0.3 is 28.4 Å². The molecule has 0 aliphatic carbocycles. The molecule has 0 spiro atoms. The summed E-state index contributed by atoms with van der Waals surface area (Å²) in [6.45, 7) is 9.49. The van der Waals surface area contributed by atoms with Gasteiger partial charge in [-0.25, -0.2) is 9.59 Å². The van der Waals surface area contributed by atoms with Crippen LogP contribution in [0.5, 0.6) is 23.0 Å². The summed E-state index contributed by atoms with van der Waals surface area (Å²) >= 11 is 0. The number of carbonyl (C=O) groups is 2. The average Bonchev–Trinajstić information content (AvgIpc) is 3.01. The molecule has 8 heteroatoms. The number of esters is 2. The van der Waals surface area contributed by atoms with Gasteiger partial charge in [-0.1, -0.05) is 13.2 Å². The lowest BCUT2D eigenvalue weighted by Crippen LogP contribution is -2.10. The van der Waals surface area contributed by atoms with Gasteiger partial charge in [0.25, 0.3) is 0 Å². The van der Waals surface area contributed by atoms with Gasteiger partial charge in [-0.2, -0.15) is 0 Å². The fourth-order valence-corrected chi connectivity index (χ4v) is 3.76. The minimum atomic E-state index is -0.506. The van der Waals surface area contributed by atoms with Crippen LogP contribution in [0.4, 0.5) is 0 Å². The first kappa shape index (κ1) is 31.8. The van der Waals surface area contributed by atoms with E-state index in [-0.39, 0.29) is 0 Å². The van der Waals surface area contributed by atoms with E-state index in [1.165, 1.54) is 12.5 Å². The molecule has 222 valence electrons. The number of benzene rings is 3. The smallest absolute Gasteiger partial charge is 0.343 e. The summed E-state index contributed by atoms with van der Waals surface area (Å²) in [5.41, 5.74) is 0.785. The summed E-state index contributed by atoms with van der Waals surface area (Å²) in [5, 5.41) is 0. The second-order valence-corrected chi connectivity index (χ2v) is 9.19. The Morgan fingerprint density at radius 3 is 1.21 bits per heavy atom. The maximum absolute atomic E-state index is 12.5. The zero-order chi connectivity index (χ0) is 29.8. The van der Waals surface area contributed by atoms with Crippen LogP contribution in [-0.4, -0.2) is 38.4 Å². The number of carbonyl (C=O) groups excluding carboxylic acids is 2. The molecule has 0 bridgehead atoms. The Morgan fingerprint density at radius 1 is 0.476 bits per heavy atom. The second kappa shape index (κ2) is 18.6. The van der Waals surface area contributed by atoms with Gasteiger partial charge in [0.15, 0.2) is 0 Å². The monoisotopic (exact) mass is 574 g/mol. The summed E-state index contributed by atoms with van der Waals surface area (Å²) in [5.74, 6) is 1.01. The van der Waals surface area contributed by atoms with Gasteiger partial charge in [0.2, 0.25) is 0 Å². The van der Waals surface area contributed by atoms with Gasteiger partial charge in [-0.15, -0.1) is 0 Å². The molecule has 0 atom stereocenters. The fraction of sp³-hybridized carbons (Fsp3) is 0.294. The van der Waals surface area contributed by atoms with Crippen LogP contribution in [0.25, 0.3) is 0 Å². The summed E-state index contributed by atoms with van der Waals surface area (Å²) in [6.07, 6.45) is 8.67. The average molecular weight is 575 g/mol. The highest BCUT2D eigenvalue weighted by molar-refractivity contribution is 5.92. The number of rotatable bonds is 20. The SMILES string of the molecule is C=COCCCCCCOc1ccc(C(=O)Oc2ccc(OC(=O)c3ccc(OCCCCOC=C)cc3)cc2)cc1. The van der Waals surface area contributed by atoms with Crippen LogP contribution in [0.15, 0.2) is 98.5 Å². The van der Waals surface area contributed by atoms with Crippen molar-refractivity contribution in [2.75, 3.05) is 26.4 Å². The van der Waals surface area contributed by atoms with E-state index in [0.29, 0.717) is 60.6 Å². The summed E-state index contributed by atoms with van der Waals surface area (Å²) < 4.78 is 32.5. The molecule has 0 heterocycles. The third-order valence-corrected chi connectivity index (χ3v) is 6.01. The van der Waals surface area contributed by atoms with Crippen molar-refractivity contribution in [1.82, 2.24) is 0 Å². The third kappa shape index (κ3) is 11.8. The Morgan fingerprint density at radius 2 is 0.810 bits per heavy atom. The lowest BCUT2D eigenvalue weighted by molar-refractivity contribution is 0.0719. The summed E-state index contributed by atoms with van der Waals surface area (Å²) in [4.78, 5) is 25.1. The minimum absolute atomic E-state index is 0.327. The van der Waals surface area contributed by atoms with Crippen LogP contribution in [0, 0.1) is 0 Å². The van der Waals surface area contributed by atoms with E-state index in [1.807, 2.05) is 0 Å². The highest BCUT2D eigenvalue weighted by atomic mass is 16.5. The molecule has 0 radical (unpaired) electrons. The molecule has 0 saturated heterocycles. The predicted octanol–water partition coefficient (Wildman–Crippen LogP) is 7.54. The molecule has 0 aliphatic rings.